The van der Waals surface area contributed by atoms with Gasteiger partial charge in [-0.3, -0.25) is 0 Å². The van der Waals surface area contributed by atoms with Crippen molar-refractivity contribution in [2.24, 2.45) is 23.7 Å². The fraction of sp³-hybridized carbons (Fsp3) is 1.00. The van der Waals surface area contributed by atoms with E-state index in [2.05, 4.69) is 27.7 Å². The molecular formula is C14H27Cl. The molecule has 0 bridgehead atoms. The highest BCUT2D eigenvalue weighted by Crippen LogP contribution is 2.42. The van der Waals surface area contributed by atoms with Gasteiger partial charge in [-0.25, -0.2) is 0 Å². The van der Waals surface area contributed by atoms with Crippen LogP contribution in [0.4, 0.5) is 0 Å². The summed E-state index contributed by atoms with van der Waals surface area (Å²) in [4.78, 5) is 0. The van der Waals surface area contributed by atoms with Crippen LogP contribution in [0.3, 0.4) is 0 Å². The highest BCUT2D eigenvalue weighted by Gasteiger charge is 2.34. The van der Waals surface area contributed by atoms with E-state index in [1.807, 2.05) is 0 Å². The largest absolute Gasteiger partial charge is 0.123 e. The topological polar surface area (TPSA) is 0 Å². The van der Waals surface area contributed by atoms with Gasteiger partial charge >= 0.3 is 0 Å². The maximum Gasteiger partial charge on any atom is 0.0367 e. The molecular weight excluding hydrogens is 204 g/mol. The third kappa shape index (κ3) is 3.66. The molecule has 0 aromatic heterocycles. The van der Waals surface area contributed by atoms with Gasteiger partial charge in [0, 0.05) is 5.38 Å². The minimum Gasteiger partial charge on any atom is -0.123 e. The monoisotopic (exact) mass is 230 g/mol. The molecule has 0 aliphatic heterocycles. The Labute approximate surface area is 101 Å². The summed E-state index contributed by atoms with van der Waals surface area (Å²) in [5, 5.41) is 0.421. The minimum atomic E-state index is 0.421. The van der Waals surface area contributed by atoms with Crippen LogP contribution < -0.4 is 0 Å². The van der Waals surface area contributed by atoms with Gasteiger partial charge in [0.25, 0.3) is 0 Å². The first-order valence-electron chi connectivity index (χ1n) is 6.70. The molecule has 0 saturated heterocycles. The predicted octanol–water partition coefficient (Wildman–Crippen LogP) is 5.10. The van der Waals surface area contributed by atoms with Crippen LogP contribution in [0.2, 0.25) is 0 Å². The summed E-state index contributed by atoms with van der Waals surface area (Å²) in [6.45, 7) is 9.36. The van der Waals surface area contributed by atoms with E-state index < -0.39 is 0 Å². The lowest BCUT2D eigenvalue weighted by Crippen LogP contribution is -2.33. The molecule has 1 aliphatic carbocycles. The Morgan fingerprint density at radius 1 is 1.20 bits per heavy atom. The number of hydrogen-bond acceptors (Lipinski definition) is 0. The van der Waals surface area contributed by atoms with Gasteiger partial charge in [0.15, 0.2) is 0 Å². The molecule has 1 saturated carbocycles. The third-order valence-corrected chi connectivity index (χ3v) is 4.64. The van der Waals surface area contributed by atoms with Crippen LogP contribution in [-0.4, -0.2) is 5.38 Å². The van der Waals surface area contributed by atoms with Crippen LogP contribution in [0.25, 0.3) is 0 Å². The van der Waals surface area contributed by atoms with E-state index in [-0.39, 0.29) is 0 Å². The average Bonchev–Trinajstić information content (AvgIpc) is 2.17. The Kier molecular flexibility index (Phi) is 5.46. The molecule has 0 amide bonds. The molecule has 1 heteroatoms. The smallest absolute Gasteiger partial charge is 0.0367 e. The molecule has 0 nitrogen and oxygen atoms in total. The SMILES string of the molecule is CCCC(Cl)C1CC(C)CCC1C(C)C. The van der Waals surface area contributed by atoms with E-state index in [4.69, 9.17) is 11.6 Å². The molecule has 1 fully saturated rings. The van der Waals surface area contributed by atoms with Gasteiger partial charge in [-0.15, -0.1) is 11.6 Å². The Hall–Kier alpha value is 0.290. The van der Waals surface area contributed by atoms with Crippen LogP contribution in [0.5, 0.6) is 0 Å². The highest BCUT2D eigenvalue weighted by atomic mass is 35.5. The molecule has 0 heterocycles. The molecule has 0 spiro atoms. The van der Waals surface area contributed by atoms with Gasteiger partial charge in [0.1, 0.15) is 0 Å². The predicted molar refractivity (Wildman–Crippen MR) is 69.4 cm³/mol. The average molecular weight is 231 g/mol. The lowest BCUT2D eigenvalue weighted by Gasteiger charge is -2.39. The summed E-state index contributed by atoms with van der Waals surface area (Å²) in [6, 6.07) is 0. The second kappa shape index (κ2) is 6.13. The normalized spacial score (nSPS) is 34.4. The molecule has 1 rings (SSSR count). The van der Waals surface area contributed by atoms with Crippen LogP contribution in [0, 0.1) is 23.7 Å². The molecule has 90 valence electrons. The zero-order chi connectivity index (χ0) is 11.4. The van der Waals surface area contributed by atoms with Crippen LogP contribution in [-0.2, 0) is 0 Å². The number of hydrogen-bond donors (Lipinski definition) is 0. The minimum absolute atomic E-state index is 0.421. The molecule has 15 heavy (non-hydrogen) atoms. The fourth-order valence-corrected chi connectivity index (χ4v) is 3.69. The second-order valence-corrected chi connectivity index (χ2v) is 6.36. The fourth-order valence-electron chi connectivity index (χ4n) is 3.18. The van der Waals surface area contributed by atoms with Crippen molar-refractivity contribution < 1.29 is 0 Å². The van der Waals surface area contributed by atoms with Crippen molar-refractivity contribution in [3.05, 3.63) is 0 Å². The standard InChI is InChI=1S/C14H27Cl/c1-5-6-14(15)13-9-11(4)7-8-12(13)10(2)3/h10-14H,5-9H2,1-4H3. The molecule has 0 aromatic rings. The summed E-state index contributed by atoms with van der Waals surface area (Å²) in [7, 11) is 0. The van der Waals surface area contributed by atoms with Crippen molar-refractivity contribution in [2.45, 2.75) is 65.2 Å². The van der Waals surface area contributed by atoms with Gasteiger partial charge < -0.3 is 0 Å². The Morgan fingerprint density at radius 3 is 2.40 bits per heavy atom. The Morgan fingerprint density at radius 2 is 1.87 bits per heavy atom. The zero-order valence-corrected chi connectivity index (χ0v) is 11.6. The molecule has 0 radical (unpaired) electrons. The van der Waals surface area contributed by atoms with Gasteiger partial charge in [-0.05, 0) is 42.9 Å². The quantitative estimate of drug-likeness (QED) is 0.590. The molecule has 0 N–H and O–H groups in total. The molecule has 0 aromatic carbocycles. The van der Waals surface area contributed by atoms with Crippen molar-refractivity contribution in [3.8, 4) is 0 Å². The van der Waals surface area contributed by atoms with E-state index in [1.165, 1.54) is 32.1 Å². The van der Waals surface area contributed by atoms with Crippen molar-refractivity contribution in [1.29, 1.82) is 0 Å². The van der Waals surface area contributed by atoms with Gasteiger partial charge in [-0.1, -0.05) is 40.5 Å². The molecule has 4 atom stereocenters. The highest BCUT2D eigenvalue weighted by molar-refractivity contribution is 6.20. The van der Waals surface area contributed by atoms with Gasteiger partial charge in [0.2, 0.25) is 0 Å². The lowest BCUT2D eigenvalue weighted by atomic mass is 9.68. The van der Waals surface area contributed by atoms with Gasteiger partial charge in [0.05, 0.1) is 0 Å². The second-order valence-electron chi connectivity index (χ2n) is 5.79. The van der Waals surface area contributed by atoms with Crippen LogP contribution in [0.15, 0.2) is 0 Å². The van der Waals surface area contributed by atoms with Gasteiger partial charge in [-0.2, -0.15) is 0 Å². The van der Waals surface area contributed by atoms with Crippen molar-refractivity contribution >= 4 is 11.6 Å². The van der Waals surface area contributed by atoms with E-state index >= 15 is 0 Å². The maximum atomic E-state index is 6.56. The Balaban J connectivity index is 2.61. The summed E-state index contributed by atoms with van der Waals surface area (Å²) >= 11 is 6.56. The first-order valence-corrected chi connectivity index (χ1v) is 7.14. The summed E-state index contributed by atoms with van der Waals surface area (Å²) < 4.78 is 0. The van der Waals surface area contributed by atoms with E-state index in [1.54, 1.807) is 0 Å². The Bertz CT molecular complexity index is 176. The number of halogens is 1. The zero-order valence-electron chi connectivity index (χ0n) is 10.8. The summed E-state index contributed by atoms with van der Waals surface area (Å²) in [6.07, 6.45) is 6.59. The number of alkyl halides is 1. The lowest BCUT2D eigenvalue weighted by molar-refractivity contribution is 0.137. The molecule has 4 unspecified atom stereocenters. The van der Waals surface area contributed by atoms with Crippen molar-refractivity contribution in [1.82, 2.24) is 0 Å². The van der Waals surface area contributed by atoms with E-state index in [0.717, 1.165) is 23.7 Å². The first kappa shape index (κ1) is 13.4. The maximum absolute atomic E-state index is 6.56. The summed E-state index contributed by atoms with van der Waals surface area (Å²) in [5.74, 6) is 3.34. The summed E-state index contributed by atoms with van der Waals surface area (Å²) in [5.41, 5.74) is 0. The first-order chi connectivity index (χ1) is 7.06. The van der Waals surface area contributed by atoms with Crippen molar-refractivity contribution in [2.75, 3.05) is 0 Å². The van der Waals surface area contributed by atoms with Crippen LogP contribution in [0.1, 0.15) is 59.8 Å². The third-order valence-electron chi connectivity index (χ3n) is 4.10. The molecule has 1 aliphatic rings. The van der Waals surface area contributed by atoms with E-state index in [9.17, 15) is 0 Å². The van der Waals surface area contributed by atoms with E-state index in [0.29, 0.717) is 5.38 Å². The van der Waals surface area contributed by atoms with Crippen molar-refractivity contribution in [3.63, 3.8) is 0 Å². The number of rotatable bonds is 4. The van der Waals surface area contributed by atoms with Crippen LogP contribution >= 0.6 is 11.6 Å².